The molecule has 0 aliphatic heterocycles. The van der Waals surface area contributed by atoms with E-state index in [-0.39, 0.29) is 0 Å². The number of nitrogens with one attached hydrogen (secondary N) is 1. The number of halogens is 1. The fraction of sp³-hybridized carbons (Fsp3) is 0.438. The van der Waals surface area contributed by atoms with Crippen LogP contribution in [0.2, 0.25) is 0 Å². The highest BCUT2D eigenvalue weighted by atomic mass is 79.9. The molecule has 0 amide bonds. The SMILES string of the molecule is CCCNC(C)c1sc(-c2ccc(C)cc2Br)nc1C. The second kappa shape index (κ2) is 6.83. The molecule has 0 aliphatic carbocycles. The van der Waals surface area contributed by atoms with Gasteiger partial charge >= 0.3 is 0 Å². The maximum atomic E-state index is 4.75. The van der Waals surface area contributed by atoms with Gasteiger partial charge in [-0.15, -0.1) is 11.3 Å². The lowest BCUT2D eigenvalue weighted by Gasteiger charge is -2.11. The molecule has 1 unspecified atom stereocenters. The molecule has 108 valence electrons. The topological polar surface area (TPSA) is 24.9 Å². The van der Waals surface area contributed by atoms with Crippen molar-refractivity contribution in [3.8, 4) is 10.6 Å². The van der Waals surface area contributed by atoms with E-state index in [4.69, 9.17) is 4.98 Å². The minimum atomic E-state index is 0.366. The highest BCUT2D eigenvalue weighted by Gasteiger charge is 2.16. The van der Waals surface area contributed by atoms with Crippen LogP contribution in [0.15, 0.2) is 22.7 Å². The van der Waals surface area contributed by atoms with Crippen molar-refractivity contribution in [3.63, 3.8) is 0 Å². The summed E-state index contributed by atoms with van der Waals surface area (Å²) in [6, 6.07) is 6.79. The van der Waals surface area contributed by atoms with Crippen molar-refractivity contribution in [1.29, 1.82) is 0 Å². The van der Waals surface area contributed by atoms with Crippen molar-refractivity contribution in [3.05, 3.63) is 38.8 Å². The van der Waals surface area contributed by atoms with Crippen LogP contribution in [0.3, 0.4) is 0 Å². The van der Waals surface area contributed by atoms with Crippen molar-refractivity contribution in [2.75, 3.05) is 6.54 Å². The van der Waals surface area contributed by atoms with Crippen LogP contribution < -0.4 is 5.32 Å². The van der Waals surface area contributed by atoms with Gasteiger partial charge in [0, 0.05) is 21.0 Å². The molecule has 0 fully saturated rings. The van der Waals surface area contributed by atoms with Gasteiger partial charge in [0.15, 0.2) is 0 Å². The maximum Gasteiger partial charge on any atom is 0.125 e. The standard InChI is InChI=1S/C16H21BrN2S/c1-5-8-18-11(3)15-12(4)19-16(20-15)13-7-6-10(2)9-14(13)17/h6-7,9,11,18H,5,8H2,1-4H3. The molecule has 1 N–H and O–H groups in total. The third-order valence-electron chi connectivity index (χ3n) is 3.28. The Morgan fingerprint density at radius 2 is 2.10 bits per heavy atom. The highest BCUT2D eigenvalue weighted by Crippen LogP contribution is 2.35. The summed E-state index contributed by atoms with van der Waals surface area (Å²) in [5.74, 6) is 0. The predicted molar refractivity (Wildman–Crippen MR) is 91.4 cm³/mol. The third kappa shape index (κ3) is 3.48. The van der Waals surface area contributed by atoms with E-state index < -0.39 is 0 Å². The molecular formula is C16H21BrN2S. The van der Waals surface area contributed by atoms with E-state index in [1.807, 2.05) is 0 Å². The third-order valence-corrected chi connectivity index (χ3v) is 5.31. The van der Waals surface area contributed by atoms with Crippen LogP contribution in [0.4, 0.5) is 0 Å². The minimum Gasteiger partial charge on any atom is -0.309 e. The second-order valence-corrected chi connectivity index (χ2v) is 7.01. The second-order valence-electron chi connectivity index (χ2n) is 5.13. The molecule has 1 heterocycles. The zero-order valence-corrected chi connectivity index (χ0v) is 14.9. The van der Waals surface area contributed by atoms with Crippen molar-refractivity contribution >= 4 is 27.3 Å². The summed E-state index contributed by atoms with van der Waals surface area (Å²) in [4.78, 5) is 6.08. The van der Waals surface area contributed by atoms with Crippen LogP contribution >= 0.6 is 27.3 Å². The van der Waals surface area contributed by atoms with Gasteiger partial charge in [0.25, 0.3) is 0 Å². The Morgan fingerprint density at radius 1 is 1.35 bits per heavy atom. The summed E-state index contributed by atoms with van der Waals surface area (Å²) in [6.07, 6.45) is 1.15. The Morgan fingerprint density at radius 3 is 2.75 bits per heavy atom. The summed E-state index contributed by atoms with van der Waals surface area (Å²) < 4.78 is 1.12. The van der Waals surface area contributed by atoms with E-state index in [2.05, 4.69) is 67.1 Å². The molecule has 20 heavy (non-hydrogen) atoms. The summed E-state index contributed by atoms with van der Waals surface area (Å²) in [5.41, 5.74) is 3.57. The van der Waals surface area contributed by atoms with Crippen LogP contribution in [-0.2, 0) is 0 Å². The normalized spacial score (nSPS) is 12.7. The highest BCUT2D eigenvalue weighted by molar-refractivity contribution is 9.10. The van der Waals surface area contributed by atoms with E-state index in [0.717, 1.165) is 28.1 Å². The smallest absolute Gasteiger partial charge is 0.125 e. The Balaban J connectivity index is 2.30. The molecule has 1 aromatic heterocycles. The molecule has 1 aromatic carbocycles. The number of hydrogen-bond acceptors (Lipinski definition) is 3. The molecular weight excluding hydrogens is 332 g/mol. The first-order valence-corrected chi connectivity index (χ1v) is 8.61. The van der Waals surface area contributed by atoms with Crippen LogP contribution in [0.1, 0.15) is 42.4 Å². The van der Waals surface area contributed by atoms with Gasteiger partial charge in [0.05, 0.1) is 5.69 Å². The van der Waals surface area contributed by atoms with E-state index in [1.54, 1.807) is 11.3 Å². The van der Waals surface area contributed by atoms with Crippen LogP contribution in [0.25, 0.3) is 10.6 Å². The number of rotatable bonds is 5. The van der Waals surface area contributed by atoms with E-state index in [9.17, 15) is 0 Å². The number of thiazole rings is 1. The molecule has 2 aromatic rings. The fourth-order valence-electron chi connectivity index (χ4n) is 2.17. The number of nitrogens with zero attached hydrogens (tertiary/aromatic N) is 1. The van der Waals surface area contributed by atoms with Crippen molar-refractivity contribution in [2.45, 2.75) is 40.2 Å². The maximum absolute atomic E-state index is 4.75. The number of aryl methyl sites for hydroxylation is 2. The van der Waals surface area contributed by atoms with Gasteiger partial charge in [0.1, 0.15) is 5.01 Å². The van der Waals surface area contributed by atoms with Gasteiger partial charge in [0.2, 0.25) is 0 Å². The molecule has 0 aliphatic rings. The monoisotopic (exact) mass is 352 g/mol. The van der Waals surface area contributed by atoms with Crippen LogP contribution in [-0.4, -0.2) is 11.5 Å². The van der Waals surface area contributed by atoms with E-state index in [1.165, 1.54) is 16.0 Å². The predicted octanol–water partition coefficient (Wildman–Crippen LogP) is 5.25. The van der Waals surface area contributed by atoms with Gasteiger partial charge in [-0.25, -0.2) is 4.98 Å². The van der Waals surface area contributed by atoms with Crippen molar-refractivity contribution < 1.29 is 0 Å². The largest absolute Gasteiger partial charge is 0.309 e. The molecule has 2 rings (SSSR count). The Labute approximate surface area is 133 Å². The molecule has 0 bridgehead atoms. The molecule has 1 atom stereocenters. The fourth-order valence-corrected chi connectivity index (χ4v) is 4.12. The Bertz CT molecular complexity index is 592. The molecule has 0 saturated carbocycles. The summed E-state index contributed by atoms with van der Waals surface area (Å²) >= 11 is 5.44. The summed E-state index contributed by atoms with van der Waals surface area (Å²) in [7, 11) is 0. The quantitative estimate of drug-likeness (QED) is 0.794. The average molecular weight is 353 g/mol. The zero-order chi connectivity index (χ0) is 14.7. The van der Waals surface area contributed by atoms with Crippen LogP contribution in [0, 0.1) is 13.8 Å². The van der Waals surface area contributed by atoms with Crippen LogP contribution in [0.5, 0.6) is 0 Å². The molecule has 0 radical (unpaired) electrons. The zero-order valence-electron chi connectivity index (χ0n) is 12.5. The minimum absolute atomic E-state index is 0.366. The number of hydrogen-bond donors (Lipinski definition) is 1. The lowest BCUT2D eigenvalue weighted by atomic mass is 10.1. The number of aromatic nitrogens is 1. The van der Waals surface area contributed by atoms with Crippen molar-refractivity contribution in [1.82, 2.24) is 10.3 Å². The van der Waals surface area contributed by atoms with Gasteiger partial charge in [-0.2, -0.15) is 0 Å². The first kappa shape index (κ1) is 15.7. The van der Waals surface area contributed by atoms with Gasteiger partial charge in [-0.1, -0.05) is 35.0 Å². The van der Waals surface area contributed by atoms with E-state index >= 15 is 0 Å². The first-order chi connectivity index (χ1) is 9.52. The number of benzene rings is 1. The van der Waals surface area contributed by atoms with Gasteiger partial charge < -0.3 is 5.32 Å². The lowest BCUT2D eigenvalue weighted by Crippen LogP contribution is -2.18. The van der Waals surface area contributed by atoms with Crippen molar-refractivity contribution in [2.24, 2.45) is 0 Å². The molecule has 2 nitrogen and oxygen atoms in total. The molecule has 0 saturated heterocycles. The van der Waals surface area contributed by atoms with Gasteiger partial charge in [-0.3, -0.25) is 0 Å². The van der Waals surface area contributed by atoms with E-state index in [0.29, 0.717) is 6.04 Å². The molecule has 4 heteroatoms. The first-order valence-electron chi connectivity index (χ1n) is 7.00. The summed E-state index contributed by atoms with van der Waals surface area (Å²) in [6.45, 7) is 9.64. The van der Waals surface area contributed by atoms with Gasteiger partial charge in [-0.05, 0) is 45.4 Å². The average Bonchev–Trinajstić information content (AvgIpc) is 2.78. The summed E-state index contributed by atoms with van der Waals surface area (Å²) in [5, 5.41) is 4.63. The molecule has 0 spiro atoms. The Hall–Kier alpha value is -0.710. The Kier molecular flexibility index (Phi) is 5.35. The lowest BCUT2D eigenvalue weighted by molar-refractivity contribution is 0.575.